The van der Waals surface area contributed by atoms with E-state index in [1.165, 1.54) is 62.0 Å². The van der Waals surface area contributed by atoms with Gasteiger partial charge in [-0.05, 0) is 60.9 Å². The number of carbonyl (C=O) groups excluding carboxylic acids is 10. The number of rotatable bonds is 28. The molecule has 0 radical (unpaired) electrons. The summed E-state index contributed by atoms with van der Waals surface area (Å²) in [6, 6.07) is 16.3. The number of imidazole rings is 4. The Hall–Kier alpha value is -12.6. The summed E-state index contributed by atoms with van der Waals surface area (Å²) in [6.07, 6.45) is 13.1. The summed E-state index contributed by atoms with van der Waals surface area (Å²) in [5.41, 5.74) is 5.06. The maximum atomic E-state index is 13.7. The predicted molar refractivity (Wildman–Crippen MR) is 359 cm³/mol. The molecule has 0 fully saturated rings. The highest BCUT2D eigenvalue weighted by Crippen LogP contribution is 2.32. The number of aromatic amines is 1. The van der Waals surface area contributed by atoms with Crippen molar-refractivity contribution >= 4 is 98.6 Å². The van der Waals surface area contributed by atoms with Crippen LogP contribution in [0, 0.1) is 0 Å². The van der Waals surface area contributed by atoms with Gasteiger partial charge >= 0.3 is 5.97 Å². The zero-order valence-corrected chi connectivity index (χ0v) is 55.1. The first-order valence-corrected chi connectivity index (χ1v) is 30.8. The van der Waals surface area contributed by atoms with E-state index >= 15 is 0 Å². The molecule has 508 valence electrons. The van der Waals surface area contributed by atoms with Crippen LogP contribution in [0.15, 0.2) is 110 Å². The van der Waals surface area contributed by atoms with Gasteiger partial charge in [-0.2, -0.15) is 0 Å². The minimum absolute atomic E-state index is 0.00123. The van der Waals surface area contributed by atoms with Crippen molar-refractivity contribution in [2.45, 2.75) is 45.6 Å². The summed E-state index contributed by atoms with van der Waals surface area (Å²) in [7, 11) is 13.0. The molecule has 10 rings (SSSR count). The number of ether oxygens (including phenoxy) is 2. The summed E-state index contributed by atoms with van der Waals surface area (Å²) < 4.78 is 21.9. The lowest BCUT2D eigenvalue weighted by Gasteiger charge is -2.09. The molecule has 0 unspecified atom stereocenters. The zero-order valence-electron chi connectivity index (χ0n) is 55.1. The van der Waals surface area contributed by atoms with Crippen LogP contribution in [-0.2, 0) is 87.9 Å². The van der Waals surface area contributed by atoms with Crippen LogP contribution in [0.3, 0.4) is 0 Å². The van der Waals surface area contributed by atoms with Gasteiger partial charge in [0.2, 0.25) is 5.91 Å². The molecule has 0 aliphatic rings. The van der Waals surface area contributed by atoms with E-state index in [2.05, 4.69) is 67.5 Å². The maximum absolute atomic E-state index is 13.7. The van der Waals surface area contributed by atoms with Crippen LogP contribution >= 0.6 is 0 Å². The number of hydrogen-bond donors (Lipinski definition) is 9. The van der Waals surface area contributed by atoms with Gasteiger partial charge in [0.15, 0.2) is 34.9 Å². The Bertz CT molecular complexity index is 4740. The van der Waals surface area contributed by atoms with Crippen molar-refractivity contribution < 1.29 is 57.4 Å². The molecule has 0 bridgehead atoms. The van der Waals surface area contributed by atoms with Crippen molar-refractivity contribution in [2.75, 3.05) is 53.3 Å². The number of likely N-dealkylation sites (N-methyl/N-ethyl adjacent to an activating group) is 1. The van der Waals surface area contributed by atoms with Gasteiger partial charge in [0.25, 0.3) is 41.4 Å². The number of benzene rings is 2. The number of aromatic nitrogens is 12. The molecule has 0 saturated heterocycles. The second kappa shape index (κ2) is 29.8. The van der Waals surface area contributed by atoms with Gasteiger partial charge in [-0.3, -0.25) is 47.9 Å². The average Bonchev–Trinajstić information content (AvgIpc) is 1.61. The molecular formula is C66H72N20O12. The van der Waals surface area contributed by atoms with Gasteiger partial charge in [0.05, 0.1) is 65.9 Å². The zero-order chi connectivity index (χ0) is 70.1. The molecule has 0 spiro atoms. The predicted octanol–water partition coefficient (Wildman–Crippen LogP) is 4.92. The molecule has 32 nitrogen and oxygen atoms in total. The Balaban J connectivity index is 0.642. The first kappa shape index (κ1) is 68.2. The van der Waals surface area contributed by atoms with Crippen LogP contribution in [0.4, 0.5) is 28.6 Å². The number of nitrogens with zero attached hydrogens (tertiary/aromatic N) is 11. The van der Waals surface area contributed by atoms with Crippen molar-refractivity contribution in [1.29, 1.82) is 0 Å². The minimum atomic E-state index is -0.599. The number of ketones is 1. The average molecular weight is 1340 g/mol. The Labute approximate surface area is 559 Å². The molecule has 32 heteroatoms. The first-order valence-electron chi connectivity index (χ1n) is 30.8. The molecule has 8 heterocycles. The number of nitrogens with one attached hydrogen (secondary N) is 9. The van der Waals surface area contributed by atoms with E-state index in [1.54, 1.807) is 137 Å². The quantitative estimate of drug-likeness (QED) is 0.0232. The lowest BCUT2D eigenvalue weighted by molar-refractivity contribution is -0.144. The van der Waals surface area contributed by atoms with Gasteiger partial charge in [0.1, 0.15) is 40.7 Å². The summed E-state index contributed by atoms with van der Waals surface area (Å²) in [5, 5.41) is 22.1. The van der Waals surface area contributed by atoms with Gasteiger partial charge in [-0.15, -0.1) is 0 Å². The lowest BCUT2D eigenvalue weighted by Crippen LogP contribution is -2.28. The van der Waals surface area contributed by atoms with Crippen LogP contribution in [0.25, 0.3) is 22.7 Å². The SMILES string of the molecule is CCNC(=O)Cc1ccc(COC(=O)CCNC(=O)c2cc(NC(=O)c3cc(NC(=O)c4cc(NC(=O)c5nc(CC(=O)CCCNC(=O)c6cc(NC(=O)c7ccc8nc(-c9nc(NC(=O)c%10nccn%10C)cn9C)[nH]c8c7OC)cn6C)cn5C)cn4C)cn3C)cn2C)cc1. The third-order valence-electron chi connectivity index (χ3n) is 15.6. The third-order valence-corrected chi connectivity index (χ3v) is 15.6. The molecule has 0 saturated carbocycles. The molecule has 98 heavy (non-hydrogen) atoms. The van der Waals surface area contributed by atoms with E-state index in [0.29, 0.717) is 58.4 Å². The van der Waals surface area contributed by atoms with Crippen molar-refractivity contribution in [2.24, 2.45) is 49.3 Å². The fraction of sp³-hybridized carbons (Fsp3) is 0.273. The second-order valence-corrected chi connectivity index (χ2v) is 23.1. The highest BCUT2D eigenvalue weighted by atomic mass is 16.5. The first-order chi connectivity index (χ1) is 46.9. The van der Waals surface area contributed by atoms with Crippen molar-refractivity contribution in [3.63, 3.8) is 0 Å². The van der Waals surface area contributed by atoms with E-state index < -0.39 is 47.3 Å². The Morgan fingerprint density at radius 3 is 1.63 bits per heavy atom. The van der Waals surface area contributed by atoms with E-state index in [4.69, 9.17) is 9.47 Å². The number of Topliss-reactive ketones (excluding diaryl/α,β-unsaturated/α-hetero) is 1. The van der Waals surface area contributed by atoms with Crippen LogP contribution < -0.4 is 47.3 Å². The molecule has 0 aliphatic carbocycles. The van der Waals surface area contributed by atoms with E-state index in [-0.39, 0.29) is 114 Å². The summed E-state index contributed by atoms with van der Waals surface area (Å²) in [6.45, 7) is 2.59. The number of hydrogen-bond acceptors (Lipinski definition) is 16. The molecule has 8 aromatic heterocycles. The van der Waals surface area contributed by atoms with Crippen molar-refractivity contribution in [3.8, 4) is 17.4 Å². The third kappa shape index (κ3) is 16.1. The molecule has 10 aromatic rings. The van der Waals surface area contributed by atoms with Crippen LogP contribution in [0.2, 0.25) is 0 Å². The summed E-state index contributed by atoms with van der Waals surface area (Å²) in [5.74, 6) is -2.87. The highest BCUT2D eigenvalue weighted by Gasteiger charge is 2.25. The number of amides is 8. The fourth-order valence-electron chi connectivity index (χ4n) is 10.8. The number of H-pyrrole nitrogens is 1. The maximum Gasteiger partial charge on any atom is 0.307 e. The topological polar surface area (TPSA) is 387 Å². The molecule has 9 N–H and O–H groups in total. The Kier molecular flexibility index (Phi) is 20.7. The molecule has 8 amide bonds. The van der Waals surface area contributed by atoms with Gasteiger partial charge in [0, 0.05) is 125 Å². The Morgan fingerprint density at radius 2 is 1.06 bits per heavy atom. The van der Waals surface area contributed by atoms with Crippen molar-refractivity contribution in [3.05, 3.63) is 167 Å². The number of methoxy groups -OCH3 is 1. The van der Waals surface area contributed by atoms with E-state index in [0.717, 1.165) is 11.1 Å². The van der Waals surface area contributed by atoms with Gasteiger partial charge < -0.3 is 89.0 Å². The van der Waals surface area contributed by atoms with Crippen LogP contribution in [0.5, 0.6) is 5.75 Å². The van der Waals surface area contributed by atoms with Crippen molar-refractivity contribution in [1.82, 2.24) is 72.8 Å². The van der Waals surface area contributed by atoms with Crippen LogP contribution in [-0.4, -0.2) is 143 Å². The highest BCUT2D eigenvalue weighted by molar-refractivity contribution is 6.11. The summed E-state index contributed by atoms with van der Waals surface area (Å²) in [4.78, 5) is 152. The monoisotopic (exact) mass is 1340 g/mol. The molecule has 0 aliphatic heterocycles. The van der Waals surface area contributed by atoms with E-state index in [1.807, 2.05) is 6.92 Å². The fourth-order valence-corrected chi connectivity index (χ4v) is 10.8. The molecule has 0 atom stereocenters. The summed E-state index contributed by atoms with van der Waals surface area (Å²) >= 11 is 0. The lowest BCUT2D eigenvalue weighted by atomic mass is 10.1. The smallest absolute Gasteiger partial charge is 0.307 e. The van der Waals surface area contributed by atoms with Gasteiger partial charge in [-0.1, -0.05) is 24.3 Å². The molecule has 2 aromatic carbocycles. The Morgan fingerprint density at radius 1 is 0.510 bits per heavy atom. The van der Waals surface area contributed by atoms with Gasteiger partial charge in [-0.25, -0.2) is 19.9 Å². The number of esters is 1. The normalized spacial score (nSPS) is 11.1. The standard InChI is InChI=1S/C66H72N20O12/c1-10-67-52(88)24-37-13-15-38(16-14-37)36-98-53(89)19-21-70-62(92)48-27-41(31-82(48)4)73-63(93)49-28-42(32-83(49)5)74-64(94)50-29-43(33-84(50)6)75-66(96)59-71-39(34-85(59)7)25-44(87)12-11-20-69-61(91)47-26-40(30-81(47)3)72-60(90)45-17-18-46-54(55(45)97-9)79-56(76-46)57-77-51(35-86(57)8)78-65(95)58-68-22-23-80(58)2/h13-18,22-23,26-35H,10-12,19-21,24-25,36H2,1-9H3,(H,67,88)(H,69,91)(H,70,92)(H,72,90)(H,73,93)(H,74,94)(H,75,96)(H,76,79)(H,78,95). The number of aryl methyl sites for hydroxylation is 7. The largest absolute Gasteiger partial charge is 0.494 e. The number of anilines is 5. The second-order valence-electron chi connectivity index (χ2n) is 23.1. The minimum Gasteiger partial charge on any atom is -0.494 e. The number of fused-ring (bicyclic) bond motifs is 1. The van der Waals surface area contributed by atoms with E-state index in [9.17, 15) is 47.9 Å². The molecular weight excluding hydrogens is 1260 g/mol. The number of carbonyl (C=O) groups is 10. The van der Waals surface area contributed by atoms with Crippen LogP contribution in [0.1, 0.15) is 117 Å².